The molecule has 0 spiro atoms. The third kappa shape index (κ3) is 2.70. The number of anilines is 1. The van der Waals surface area contributed by atoms with Crippen molar-refractivity contribution in [2.45, 2.75) is 12.2 Å². The van der Waals surface area contributed by atoms with Crippen molar-refractivity contribution in [1.82, 2.24) is 4.90 Å². The predicted molar refractivity (Wildman–Crippen MR) is 82.1 cm³/mol. The normalized spacial score (nSPS) is 16.2. The summed E-state index contributed by atoms with van der Waals surface area (Å²) in [5.74, 6) is -1.96. The molecule has 0 radical (unpaired) electrons. The summed E-state index contributed by atoms with van der Waals surface area (Å²) in [6.07, 6.45) is -4.90. The number of hydrogen-bond acceptors (Lipinski definition) is 2. The van der Waals surface area contributed by atoms with E-state index >= 15 is 0 Å². The molecule has 23 heavy (non-hydrogen) atoms. The molecule has 3 rings (SSSR count). The highest BCUT2D eigenvalue weighted by Gasteiger charge is 2.39. The van der Waals surface area contributed by atoms with Crippen molar-refractivity contribution in [3.05, 3.63) is 53.6 Å². The number of carbonyl (C=O) groups is 1. The average molecular weight is 320 g/mol. The number of rotatable bonds is 2. The molecule has 0 aromatic heterocycles. The predicted octanol–water partition coefficient (Wildman–Crippen LogP) is 3.82. The Morgan fingerprint density at radius 2 is 1.70 bits per heavy atom. The number of carbonyl (C=O) groups excluding carboxylic acids is 1. The van der Waals surface area contributed by atoms with Gasteiger partial charge in [-0.15, -0.1) is 0 Å². The number of alkyl halides is 3. The van der Waals surface area contributed by atoms with Gasteiger partial charge in [0.25, 0.3) is 0 Å². The van der Waals surface area contributed by atoms with Crippen LogP contribution in [-0.2, 0) is 4.79 Å². The smallest absolute Gasteiger partial charge is 0.318 e. The van der Waals surface area contributed by atoms with Gasteiger partial charge in [-0.1, -0.05) is 30.3 Å². The van der Waals surface area contributed by atoms with Crippen molar-refractivity contribution in [2.24, 2.45) is 0 Å². The molecule has 3 nitrogen and oxygen atoms in total. The summed E-state index contributed by atoms with van der Waals surface area (Å²) in [7, 11) is 3.83. The van der Waals surface area contributed by atoms with Gasteiger partial charge in [-0.25, -0.2) is 0 Å². The SMILES string of the molecule is CN(C)[C@H]1c2ccccc2-c2ccc(NC(=O)C(F)(F)F)cc21. The second-order valence-electron chi connectivity index (χ2n) is 5.71. The highest BCUT2D eigenvalue weighted by molar-refractivity contribution is 5.95. The second kappa shape index (κ2) is 5.38. The molecule has 0 bridgehead atoms. The molecule has 6 heteroatoms. The Hall–Kier alpha value is -2.34. The first-order chi connectivity index (χ1) is 10.8. The van der Waals surface area contributed by atoms with Crippen LogP contribution in [0, 0.1) is 0 Å². The molecule has 0 heterocycles. The molecule has 0 fully saturated rings. The van der Waals surface area contributed by atoms with Crippen LogP contribution in [-0.4, -0.2) is 31.1 Å². The molecule has 0 saturated carbocycles. The second-order valence-corrected chi connectivity index (χ2v) is 5.71. The third-order valence-electron chi connectivity index (χ3n) is 3.92. The van der Waals surface area contributed by atoms with Crippen LogP contribution in [0.25, 0.3) is 11.1 Å². The fraction of sp³-hybridized carbons (Fsp3) is 0.235. The molecular weight excluding hydrogens is 305 g/mol. The molecule has 1 N–H and O–H groups in total. The molecule has 1 aliphatic rings. The number of nitrogens with one attached hydrogen (secondary N) is 1. The minimum Gasteiger partial charge on any atom is -0.318 e. The first-order valence-electron chi connectivity index (χ1n) is 7.07. The van der Waals surface area contributed by atoms with Gasteiger partial charge in [0.2, 0.25) is 0 Å². The number of fused-ring (bicyclic) bond motifs is 3. The van der Waals surface area contributed by atoms with Gasteiger partial charge in [0.05, 0.1) is 6.04 Å². The summed E-state index contributed by atoms with van der Waals surface area (Å²) in [6.45, 7) is 0. The minimum absolute atomic E-state index is 0.0519. The van der Waals surface area contributed by atoms with Crippen molar-refractivity contribution in [3.63, 3.8) is 0 Å². The van der Waals surface area contributed by atoms with Crippen LogP contribution in [0.5, 0.6) is 0 Å². The summed E-state index contributed by atoms with van der Waals surface area (Å²) >= 11 is 0. The molecule has 2 aromatic carbocycles. The molecule has 120 valence electrons. The quantitative estimate of drug-likeness (QED) is 0.912. The fourth-order valence-electron chi connectivity index (χ4n) is 3.02. The van der Waals surface area contributed by atoms with Gasteiger partial charge in [-0.3, -0.25) is 9.69 Å². The van der Waals surface area contributed by atoms with Crippen LogP contribution >= 0.6 is 0 Å². The van der Waals surface area contributed by atoms with Gasteiger partial charge in [-0.05, 0) is 48.5 Å². The van der Waals surface area contributed by atoms with Gasteiger partial charge in [0, 0.05) is 5.69 Å². The summed E-state index contributed by atoms with van der Waals surface area (Å²) < 4.78 is 37.2. The topological polar surface area (TPSA) is 32.3 Å². The van der Waals surface area contributed by atoms with Crippen LogP contribution in [0.15, 0.2) is 42.5 Å². The molecule has 0 unspecified atom stereocenters. The first kappa shape index (κ1) is 15.6. The first-order valence-corrected chi connectivity index (χ1v) is 7.07. The molecule has 1 aliphatic carbocycles. The van der Waals surface area contributed by atoms with Gasteiger partial charge >= 0.3 is 12.1 Å². The van der Waals surface area contributed by atoms with Crippen LogP contribution < -0.4 is 5.32 Å². The van der Waals surface area contributed by atoms with E-state index in [-0.39, 0.29) is 11.7 Å². The lowest BCUT2D eigenvalue weighted by Crippen LogP contribution is -2.30. The van der Waals surface area contributed by atoms with E-state index in [1.165, 1.54) is 6.07 Å². The van der Waals surface area contributed by atoms with Crippen molar-refractivity contribution >= 4 is 11.6 Å². The Balaban J connectivity index is 2.02. The van der Waals surface area contributed by atoms with E-state index in [4.69, 9.17) is 0 Å². The van der Waals surface area contributed by atoms with Crippen LogP contribution in [0.3, 0.4) is 0 Å². The van der Waals surface area contributed by atoms with Crippen molar-refractivity contribution in [1.29, 1.82) is 0 Å². The van der Waals surface area contributed by atoms with Crippen molar-refractivity contribution < 1.29 is 18.0 Å². The lowest BCUT2D eigenvalue weighted by Gasteiger charge is -2.22. The fourth-order valence-corrected chi connectivity index (χ4v) is 3.02. The number of amides is 1. The van der Waals surface area contributed by atoms with Crippen molar-refractivity contribution in [2.75, 3.05) is 19.4 Å². The highest BCUT2D eigenvalue weighted by atomic mass is 19.4. The molecule has 1 amide bonds. The maximum absolute atomic E-state index is 12.4. The summed E-state index contributed by atoms with van der Waals surface area (Å²) in [6, 6.07) is 12.7. The zero-order valence-corrected chi connectivity index (χ0v) is 12.6. The van der Waals surface area contributed by atoms with Gasteiger partial charge < -0.3 is 5.32 Å². The minimum atomic E-state index is -4.90. The van der Waals surface area contributed by atoms with E-state index in [0.29, 0.717) is 0 Å². The van der Waals surface area contributed by atoms with E-state index in [9.17, 15) is 18.0 Å². The zero-order valence-electron chi connectivity index (χ0n) is 12.6. The standard InChI is InChI=1S/C17H15F3N2O/c1-22(2)15-13-6-4-3-5-11(13)12-8-7-10(9-14(12)15)21-16(23)17(18,19)20/h3-9,15H,1-2H3,(H,21,23)/t15-/m0/s1. The Bertz CT molecular complexity index is 769. The van der Waals surface area contributed by atoms with E-state index < -0.39 is 12.1 Å². The molecular formula is C17H15F3N2O. The van der Waals surface area contributed by atoms with Crippen LogP contribution in [0.2, 0.25) is 0 Å². The summed E-state index contributed by atoms with van der Waals surface area (Å²) in [4.78, 5) is 13.1. The lowest BCUT2D eigenvalue weighted by atomic mass is 10.0. The molecule has 0 saturated heterocycles. The van der Waals surface area contributed by atoms with Gasteiger partial charge in [-0.2, -0.15) is 13.2 Å². The number of benzene rings is 2. The zero-order chi connectivity index (χ0) is 16.8. The Morgan fingerprint density at radius 1 is 1.04 bits per heavy atom. The average Bonchev–Trinajstić information content (AvgIpc) is 2.79. The molecule has 1 atom stereocenters. The van der Waals surface area contributed by atoms with Crippen LogP contribution in [0.4, 0.5) is 18.9 Å². The Kier molecular flexibility index (Phi) is 3.64. The third-order valence-corrected chi connectivity index (χ3v) is 3.92. The monoisotopic (exact) mass is 320 g/mol. The maximum atomic E-state index is 12.4. The van der Waals surface area contributed by atoms with E-state index in [1.807, 2.05) is 48.6 Å². The van der Waals surface area contributed by atoms with E-state index in [2.05, 4.69) is 0 Å². The summed E-state index contributed by atoms with van der Waals surface area (Å²) in [5.41, 5.74) is 4.17. The van der Waals surface area contributed by atoms with Gasteiger partial charge in [0.15, 0.2) is 0 Å². The van der Waals surface area contributed by atoms with E-state index in [1.54, 1.807) is 12.1 Å². The Morgan fingerprint density at radius 3 is 2.35 bits per heavy atom. The van der Waals surface area contributed by atoms with Gasteiger partial charge in [0.1, 0.15) is 0 Å². The highest BCUT2D eigenvalue weighted by Crippen LogP contribution is 2.46. The van der Waals surface area contributed by atoms with E-state index in [0.717, 1.165) is 22.3 Å². The molecule has 2 aromatic rings. The van der Waals surface area contributed by atoms with Crippen molar-refractivity contribution in [3.8, 4) is 11.1 Å². The Labute approximate surface area is 131 Å². The largest absolute Gasteiger partial charge is 0.471 e. The molecule has 0 aliphatic heterocycles. The number of nitrogens with zero attached hydrogens (tertiary/aromatic N) is 1. The van der Waals surface area contributed by atoms with Crippen LogP contribution in [0.1, 0.15) is 17.2 Å². The maximum Gasteiger partial charge on any atom is 0.471 e. The lowest BCUT2D eigenvalue weighted by molar-refractivity contribution is -0.167. The number of hydrogen-bond donors (Lipinski definition) is 1. The summed E-state index contributed by atoms with van der Waals surface area (Å²) in [5, 5.41) is 1.92. The number of halogens is 3.